The second-order valence-electron chi connectivity index (χ2n) is 4.29. The molecule has 0 fully saturated rings. The molecule has 0 radical (unpaired) electrons. The van der Waals surface area contributed by atoms with Crippen LogP contribution in [0.25, 0.3) is 10.8 Å². The van der Waals surface area contributed by atoms with Gasteiger partial charge in [0.2, 0.25) is 5.88 Å². The van der Waals surface area contributed by atoms with Gasteiger partial charge in [-0.2, -0.15) is 0 Å². The molecule has 0 aliphatic heterocycles. The number of nitrogens with zero attached hydrogens (tertiary/aromatic N) is 2. The minimum Gasteiger partial charge on any atom is -0.480 e. The van der Waals surface area contributed by atoms with Gasteiger partial charge in [0.1, 0.15) is 0 Å². The van der Waals surface area contributed by atoms with Crippen LogP contribution in [0.4, 0.5) is 0 Å². The van der Waals surface area contributed by atoms with E-state index >= 15 is 0 Å². The Labute approximate surface area is 116 Å². The van der Waals surface area contributed by atoms with Gasteiger partial charge < -0.3 is 4.74 Å². The maximum absolute atomic E-state index is 12.7. The highest BCUT2D eigenvalue weighted by molar-refractivity contribution is 6.17. The number of rotatable bonds is 3. The number of carbonyl (C=O) groups is 1. The van der Waals surface area contributed by atoms with Gasteiger partial charge in [-0.3, -0.25) is 9.78 Å². The lowest BCUT2D eigenvalue weighted by Gasteiger charge is -2.08. The van der Waals surface area contributed by atoms with Crippen molar-refractivity contribution in [3.8, 4) is 5.88 Å². The summed E-state index contributed by atoms with van der Waals surface area (Å²) < 4.78 is 5.15. The number of pyridine rings is 2. The van der Waals surface area contributed by atoms with E-state index in [0.717, 1.165) is 10.8 Å². The van der Waals surface area contributed by atoms with E-state index in [1.807, 2.05) is 18.2 Å². The second kappa shape index (κ2) is 5.09. The molecule has 4 nitrogen and oxygen atoms in total. The van der Waals surface area contributed by atoms with Crippen LogP contribution in [-0.2, 0) is 0 Å². The van der Waals surface area contributed by atoms with Crippen LogP contribution < -0.4 is 4.74 Å². The Balaban J connectivity index is 2.18. The zero-order chi connectivity index (χ0) is 13.9. The molecule has 0 atom stereocenters. The van der Waals surface area contributed by atoms with Gasteiger partial charge in [-0.25, -0.2) is 4.98 Å². The summed E-state index contributed by atoms with van der Waals surface area (Å²) in [7, 11) is 1.50. The van der Waals surface area contributed by atoms with Gasteiger partial charge in [0, 0.05) is 29.5 Å². The summed E-state index contributed by atoms with van der Waals surface area (Å²) in [5, 5.41) is 1.81. The fourth-order valence-corrected chi connectivity index (χ4v) is 2.18. The maximum Gasteiger partial charge on any atom is 0.224 e. The third kappa shape index (κ3) is 2.01. The molecule has 3 rings (SSSR count). The Morgan fingerprint density at radius 3 is 2.75 bits per heavy atom. The third-order valence-electron chi connectivity index (χ3n) is 3.14. The minimum absolute atomic E-state index is 0.117. The first kappa shape index (κ1) is 12.3. The van der Waals surface area contributed by atoms with Crippen LogP contribution in [0.2, 0.25) is 0 Å². The van der Waals surface area contributed by atoms with E-state index in [0.29, 0.717) is 17.0 Å². The van der Waals surface area contributed by atoms with Crippen molar-refractivity contribution in [2.45, 2.75) is 0 Å². The molecular weight excluding hydrogens is 252 g/mol. The van der Waals surface area contributed by atoms with Crippen molar-refractivity contribution in [2.24, 2.45) is 0 Å². The molecule has 4 heteroatoms. The van der Waals surface area contributed by atoms with E-state index in [1.165, 1.54) is 7.11 Å². The average molecular weight is 264 g/mol. The van der Waals surface area contributed by atoms with Crippen LogP contribution in [0.3, 0.4) is 0 Å². The van der Waals surface area contributed by atoms with E-state index in [9.17, 15) is 4.79 Å². The number of hydrogen-bond acceptors (Lipinski definition) is 4. The third-order valence-corrected chi connectivity index (χ3v) is 3.14. The molecule has 0 bridgehead atoms. The number of aromatic nitrogens is 2. The molecule has 0 saturated carbocycles. The molecular formula is C16H12N2O2. The molecule has 98 valence electrons. The lowest BCUT2D eigenvalue weighted by molar-refractivity contribution is 0.103. The lowest BCUT2D eigenvalue weighted by Crippen LogP contribution is -2.05. The first-order chi connectivity index (χ1) is 9.81. The fraction of sp³-hybridized carbons (Fsp3) is 0.0625. The second-order valence-corrected chi connectivity index (χ2v) is 4.29. The summed E-state index contributed by atoms with van der Waals surface area (Å²) in [6, 6.07) is 10.9. The van der Waals surface area contributed by atoms with Crippen LogP contribution in [0.15, 0.2) is 55.0 Å². The molecule has 0 aliphatic carbocycles. The highest BCUT2D eigenvalue weighted by Gasteiger charge is 2.17. The molecule has 20 heavy (non-hydrogen) atoms. The van der Waals surface area contributed by atoms with Crippen LogP contribution in [0, 0.1) is 0 Å². The number of hydrogen-bond donors (Lipinski definition) is 0. The quantitative estimate of drug-likeness (QED) is 0.682. The van der Waals surface area contributed by atoms with Gasteiger partial charge in [-0.05, 0) is 23.6 Å². The number of ether oxygens (including phenoxy) is 1. The van der Waals surface area contributed by atoms with Crippen molar-refractivity contribution >= 4 is 16.6 Å². The predicted molar refractivity (Wildman–Crippen MR) is 76.0 cm³/mol. The molecule has 0 aliphatic rings. The summed E-state index contributed by atoms with van der Waals surface area (Å²) in [4.78, 5) is 20.9. The Kier molecular flexibility index (Phi) is 3.13. The van der Waals surface area contributed by atoms with Gasteiger partial charge in [-0.15, -0.1) is 0 Å². The molecule has 2 heterocycles. The van der Waals surface area contributed by atoms with E-state index in [1.54, 1.807) is 36.8 Å². The molecule has 0 spiro atoms. The normalized spacial score (nSPS) is 10.4. The summed E-state index contributed by atoms with van der Waals surface area (Å²) in [6.45, 7) is 0. The number of fused-ring (bicyclic) bond motifs is 1. The van der Waals surface area contributed by atoms with Gasteiger partial charge in [-0.1, -0.05) is 18.2 Å². The Bertz CT molecular complexity index is 779. The molecule has 0 saturated heterocycles. The predicted octanol–water partition coefficient (Wildman–Crippen LogP) is 2.87. The van der Waals surface area contributed by atoms with Gasteiger partial charge in [0.25, 0.3) is 0 Å². The van der Waals surface area contributed by atoms with Crippen molar-refractivity contribution < 1.29 is 9.53 Å². The molecule has 0 N–H and O–H groups in total. The Hall–Kier alpha value is -2.75. The molecule has 2 aromatic heterocycles. The highest BCUT2D eigenvalue weighted by atomic mass is 16.5. The largest absolute Gasteiger partial charge is 0.480 e. The smallest absolute Gasteiger partial charge is 0.224 e. The van der Waals surface area contributed by atoms with Crippen molar-refractivity contribution in [1.29, 1.82) is 0 Å². The Morgan fingerprint density at radius 1 is 1.05 bits per heavy atom. The average Bonchev–Trinajstić information content (AvgIpc) is 2.53. The fourth-order valence-electron chi connectivity index (χ4n) is 2.18. The van der Waals surface area contributed by atoms with Gasteiger partial charge in [0.15, 0.2) is 5.78 Å². The van der Waals surface area contributed by atoms with E-state index in [-0.39, 0.29) is 5.78 Å². The standard InChI is InChI=1S/C16H12N2O2/c1-20-16-13(6-3-8-18-16)15(19)12-5-2-4-11-7-9-17-10-14(11)12/h2-10H,1H3. The lowest BCUT2D eigenvalue weighted by atomic mass is 9.99. The first-order valence-electron chi connectivity index (χ1n) is 6.17. The van der Waals surface area contributed by atoms with Crippen LogP contribution >= 0.6 is 0 Å². The summed E-state index contributed by atoms with van der Waals surface area (Å²) in [5.74, 6) is 0.215. The Morgan fingerprint density at radius 2 is 1.90 bits per heavy atom. The molecule has 3 aromatic rings. The first-order valence-corrected chi connectivity index (χ1v) is 6.17. The minimum atomic E-state index is -0.117. The SMILES string of the molecule is COc1ncccc1C(=O)c1cccc2ccncc12. The zero-order valence-corrected chi connectivity index (χ0v) is 10.9. The topological polar surface area (TPSA) is 52.1 Å². The zero-order valence-electron chi connectivity index (χ0n) is 10.9. The number of benzene rings is 1. The molecule has 0 unspecified atom stereocenters. The van der Waals surface area contributed by atoms with E-state index in [4.69, 9.17) is 4.74 Å². The summed E-state index contributed by atoms with van der Waals surface area (Å²) >= 11 is 0. The summed E-state index contributed by atoms with van der Waals surface area (Å²) in [6.07, 6.45) is 5.01. The van der Waals surface area contributed by atoms with Crippen LogP contribution in [-0.4, -0.2) is 22.9 Å². The van der Waals surface area contributed by atoms with Crippen molar-refractivity contribution in [1.82, 2.24) is 9.97 Å². The molecule has 0 amide bonds. The van der Waals surface area contributed by atoms with Gasteiger partial charge >= 0.3 is 0 Å². The number of ketones is 1. The van der Waals surface area contributed by atoms with Gasteiger partial charge in [0.05, 0.1) is 12.7 Å². The molecule has 1 aromatic carbocycles. The highest BCUT2D eigenvalue weighted by Crippen LogP contribution is 2.23. The van der Waals surface area contributed by atoms with Crippen LogP contribution in [0.1, 0.15) is 15.9 Å². The monoisotopic (exact) mass is 264 g/mol. The van der Waals surface area contributed by atoms with Crippen LogP contribution in [0.5, 0.6) is 5.88 Å². The van der Waals surface area contributed by atoms with Crippen molar-refractivity contribution in [3.05, 3.63) is 66.1 Å². The maximum atomic E-state index is 12.7. The van der Waals surface area contributed by atoms with Crippen molar-refractivity contribution in [2.75, 3.05) is 7.11 Å². The van der Waals surface area contributed by atoms with E-state index < -0.39 is 0 Å². The van der Waals surface area contributed by atoms with E-state index in [2.05, 4.69) is 9.97 Å². The summed E-state index contributed by atoms with van der Waals surface area (Å²) in [5.41, 5.74) is 1.05. The number of methoxy groups -OCH3 is 1. The van der Waals surface area contributed by atoms with Crippen molar-refractivity contribution in [3.63, 3.8) is 0 Å². The number of carbonyl (C=O) groups excluding carboxylic acids is 1.